The van der Waals surface area contributed by atoms with Crippen molar-refractivity contribution in [1.82, 2.24) is 0 Å². The molecule has 0 radical (unpaired) electrons. The van der Waals surface area contributed by atoms with Gasteiger partial charge in [0.2, 0.25) is 0 Å². The average Bonchev–Trinajstić information content (AvgIpc) is 2.32. The van der Waals surface area contributed by atoms with Gasteiger partial charge in [0.25, 0.3) is 0 Å². The monoisotopic (exact) mass is 378 g/mol. The molecule has 3 nitrogen and oxygen atoms in total. The lowest BCUT2D eigenvalue weighted by Gasteiger charge is -2.08. The molecule has 6 heteroatoms. The largest absolute Gasteiger partial charge is 0.378 e. The Labute approximate surface area is 118 Å². The van der Waals surface area contributed by atoms with Crippen molar-refractivity contribution in [2.24, 2.45) is 0 Å². The summed E-state index contributed by atoms with van der Waals surface area (Å²) in [6, 6.07) is 11.2. The van der Waals surface area contributed by atoms with Crippen LogP contribution >= 0.6 is 22.6 Å². The SMILES string of the molecule is O=S(=O)(Oc1ccccc1I)c1ccc(F)cc1. The van der Waals surface area contributed by atoms with Crippen molar-refractivity contribution in [3.8, 4) is 5.75 Å². The van der Waals surface area contributed by atoms with Gasteiger partial charge in [0.1, 0.15) is 10.7 Å². The fraction of sp³-hybridized carbons (Fsp3) is 0. The smallest absolute Gasteiger partial charge is 0.339 e. The Bertz CT molecular complexity index is 653. The van der Waals surface area contributed by atoms with Crippen molar-refractivity contribution < 1.29 is 17.0 Å². The van der Waals surface area contributed by atoms with E-state index in [4.69, 9.17) is 4.18 Å². The maximum absolute atomic E-state index is 12.7. The molecule has 0 saturated carbocycles. The summed E-state index contributed by atoms with van der Waals surface area (Å²) in [7, 11) is -3.92. The summed E-state index contributed by atoms with van der Waals surface area (Å²) in [6.07, 6.45) is 0. The highest BCUT2D eigenvalue weighted by molar-refractivity contribution is 14.1. The minimum absolute atomic E-state index is 0.0800. The van der Waals surface area contributed by atoms with Gasteiger partial charge in [-0.1, -0.05) is 12.1 Å². The minimum Gasteiger partial charge on any atom is -0.378 e. The molecule has 0 aliphatic rings. The van der Waals surface area contributed by atoms with Gasteiger partial charge in [-0.05, 0) is 59.0 Å². The Morgan fingerprint density at radius 1 is 1.00 bits per heavy atom. The summed E-state index contributed by atoms with van der Waals surface area (Å²) in [5.74, 6) is -0.245. The first-order valence-corrected chi connectivity index (χ1v) is 7.42. The molecule has 0 fully saturated rings. The fourth-order valence-corrected chi connectivity index (χ4v) is 2.87. The van der Waals surface area contributed by atoms with E-state index in [-0.39, 0.29) is 10.6 Å². The zero-order valence-corrected chi connectivity index (χ0v) is 12.0. The number of benzene rings is 2. The van der Waals surface area contributed by atoms with Gasteiger partial charge in [0, 0.05) is 0 Å². The summed E-state index contributed by atoms with van der Waals surface area (Å²) in [6.45, 7) is 0. The van der Waals surface area contributed by atoms with Gasteiger partial charge >= 0.3 is 10.1 Å². The number of rotatable bonds is 3. The molecule has 0 spiro atoms. The molecule has 0 N–H and O–H groups in total. The third-order valence-electron chi connectivity index (χ3n) is 2.14. The first-order valence-electron chi connectivity index (χ1n) is 4.93. The molecule has 0 heterocycles. The van der Waals surface area contributed by atoms with Gasteiger partial charge < -0.3 is 4.18 Å². The van der Waals surface area contributed by atoms with E-state index in [1.807, 2.05) is 22.6 Å². The van der Waals surface area contributed by atoms with Crippen LogP contribution in [0.5, 0.6) is 5.75 Å². The molecule has 0 aliphatic carbocycles. The van der Waals surface area contributed by atoms with Crippen LogP contribution in [-0.4, -0.2) is 8.42 Å². The van der Waals surface area contributed by atoms with Crippen LogP contribution in [0, 0.1) is 9.39 Å². The molecular formula is C12H8FIO3S. The molecular weight excluding hydrogens is 370 g/mol. The van der Waals surface area contributed by atoms with Gasteiger partial charge in [-0.2, -0.15) is 8.42 Å². The molecule has 2 aromatic rings. The first-order chi connectivity index (χ1) is 8.49. The van der Waals surface area contributed by atoms with Gasteiger partial charge in [-0.25, -0.2) is 4.39 Å². The fourth-order valence-electron chi connectivity index (χ4n) is 1.28. The summed E-state index contributed by atoms with van der Waals surface area (Å²) < 4.78 is 42.2. The third kappa shape index (κ3) is 2.99. The van der Waals surface area contributed by atoms with Gasteiger partial charge in [-0.3, -0.25) is 0 Å². The predicted octanol–water partition coefficient (Wildman–Crippen LogP) is 3.20. The van der Waals surface area contributed by atoms with Crippen molar-refractivity contribution >= 4 is 32.7 Å². The maximum atomic E-state index is 12.7. The molecule has 0 aliphatic heterocycles. The van der Waals surface area contributed by atoms with Crippen molar-refractivity contribution in [2.75, 3.05) is 0 Å². The Kier molecular flexibility index (Phi) is 3.86. The summed E-state index contributed by atoms with van der Waals surface area (Å²) >= 11 is 1.98. The molecule has 0 aromatic heterocycles. The van der Waals surface area contributed by atoms with Crippen LogP contribution in [0.2, 0.25) is 0 Å². The normalized spacial score (nSPS) is 11.2. The minimum atomic E-state index is -3.92. The molecule has 2 rings (SSSR count). The van der Waals surface area contributed by atoms with Crippen molar-refractivity contribution in [3.05, 3.63) is 57.9 Å². The summed E-state index contributed by atoms with van der Waals surface area (Å²) in [5.41, 5.74) is 0. The topological polar surface area (TPSA) is 43.4 Å². The van der Waals surface area contributed by atoms with E-state index in [9.17, 15) is 12.8 Å². The first kappa shape index (κ1) is 13.3. The molecule has 0 atom stereocenters. The highest BCUT2D eigenvalue weighted by atomic mass is 127. The van der Waals surface area contributed by atoms with Crippen LogP contribution in [0.15, 0.2) is 53.4 Å². The third-order valence-corrected chi connectivity index (χ3v) is 4.28. The van der Waals surface area contributed by atoms with E-state index in [0.29, 0.717) is 3.57 Å². The van der Waals surface area contributed by atoms with E-state index in [2.05, 4.69) is 0 Å². The van der Waals surface area contributed by atoms with Crippen LogP contribution in [0.1, 0.15) is 0 Å². The number of hydrogen-bond acceptors (Lipinski definition) is 3. The standard InChI is InChI=1S/C12H8FIO3S/c13-9-5-7-10(8-6-9)18(15,16)17-12-4-2-1-3-11(12)14/h1-8H. The second kappa shape index (κ2) is 5.23. The summed E-state index contributed by atoms with van der Waals surface area (Å²) in [5, 5.41) is 0. The van der Waals surface area contributed by atoms with E-state index in [1.165, 1.54) is 12.1 Å². The molecule has 0 bridgehead atoms. The molecule has 94 valence electrons. The summed E-state index contributed by atoms with van der Waals surface area (Å²) in [4.78, 5) is -0.0800. The Balaban J connectivity index is 2.33. The lowest BCUT2D eigenvalue weighted by atomic mass is 10.3. The average molecular weight is 378 g/mol. The predicted molar refractivity (Wildman–Crippen MR) is 73.4 cm³/mol. The molecule has 0 saturated heterocycles. The Morgan fingerprint density at radius 3 is 2.22 bits per heavy atom. The second-order valence-corrected chi connectivity index (χ2v) is 6.13. The zero-order valence-electron chi connectivity index (χ0n) is 9.01. The highest BCUT2D eigenvalue weighted by Gasteiger charge is 2.17. The van der Waals surface area contributed by atoms with Crippen molar-refractivity contribution in [1.29, 1.82) is 0 Å². The van der Waals surface area contributed by atoms with Crippen LogP contribution in [0.3, 0.4) is 0 Å². The maximum Gasteiger partial charge on any atom is 0.339 e. The van der Waals surface area contributed by atoms with E-state index in [0.717, 1.165) is 12.1 Å². The van der Waals surface area contributed by atoms with Crippen LogP contribution in [0.25, 0.3) is 0 Å². The van der Waals surface area contributed by atoms with Crippen LogP contribution in [0.4, 0.5) is 4.39 Å². The number of halogens is 2. The van der Waals surface area contributed by atoms with E-state index >= 15 is 0 Å². The highest BCUT2D eigenvalue weighted by Crippen LogP contribution is 2.24. The second-order valence-electron chi connectivity index (χ2n) is 3.42. The molecule has 0 unspecified atom stereocenters. The molecule has 0 amide bonds. The zero-order chi connectivity index (χ0) is 13.2. The van der Waals surface area contributed by atoms with Gasteiger partial charge in [-0.15, -0.1) is 0 Å². The van der Waals surface area contributed by atoms with Gasteiger partial charge in [0.15, 0.2) is 5.75 Å². The van der Waals surface area contributed by atoms with E-state index in [1.54, 1.807) is 24.3 Å². The van der Waals surface area contributed by atoms with Crippen molar-refractivity contribution in [3.63, 3.8) is 0 Å². The number of para-hydroxylation sites is 1. The Morgan fingerprint density at radius 2 is 1.61 bits per heavy atom. The van der Waals surface area contributed by atoms with E-state index < -0.39 is 15.9 Å². The van der Waals surface area contributed by atoms with Crippen molar-refractivity contribution in [2.45, 2.75) is 4.90 Å². The Hall–Kier alpha value is -1.15. The molecule has 18 heavy (non-hydrogen) atoms. The number of hydrogen-bond donors (Lipinski definition) is 0. The van der Waals surface area contributed by atoms with Gasteiger partial charge in [0.05, 0.1) is 3.57 Å². The van der Waals surface area contributed by atoms with Crippen LogP contribution in [-0.2, 0) is 10.1 Å². The molecule has 2 aromatic carbocycles. The quantitative estimate of drug-likeness (QED) is 0.609. The lowest BCUT2D eigenvalue weighted by molar-refractivity contribution is 0.484. The van der Waals surface area contributed by atoms with Crippen LogP contribution < -0.4 is 4.18 Å². The lowest BCUT2D eigenvalue weighted by Crippen LogP contribution is -2.10.